The van der Waals surface area contributed by atoms with Crippen molar-refractivity contribution in [2.45, 2.75) is 17.9 Å². The van der Waals surface area contributed by atoms with Crippen LogP contribution in [0.5, 0.6) is 11.5 Å². The molecular formula is C23H21ClN2O5S. The SMILES string of the molecule is CC(NC(=O)c1ccc(Cl)c(S(=O)(=O)Nc2ccccc2)c1)c1ccc2c(c1)OCCO2. The molecule has 0 radical (unpaired) electrons. The highest BCUT2D eigenvalue weighted by Gasteiger charge is 2.22. The molecule has 0 spiro atoms. The summed E-state index contributed by atoms with van der Waals surface area (Å²) in [5.41, 5.74) is 1.40. The molecule has 166 valence electrons. The molecule has 0 fully saturated rings. The number of nitrogens with one attached hydrogen (secondary N) is 2. The Hall–Kier alpha value is -3.23. The van der Waals surface area contributed by atoms with Crippen LogP contribution < -0.4 is 19.5 Å². The minimum atomic E-state index is -3.98. The van der Waals surface area contributed by atoms with Gasteiger partial charge in [0.1, 0.15) is 18.1 Å². The third-order valence-corrected chi connectivity index (χ3v) is 6.79. The van der Waals surface area contributed by atoms with Crippen molar-refractivity contribution in [1.29, 1.82) is 0 Å². The van der Waals surface area contributed by atoms with Crippen molar-refractivity contribution < 1.29 is 22.7 Å². The van der Waals surface area contributed by atoms with Gasteiger partial charge in [0.15, 0.2) is 11.5 Å². The summed E-state index contributed by atoms with van der Waals surface area (Å²) in [6.45, 7) is 2.80. The molecule has 2 N–H and O–H groups in total. The van der Waals surface area contributed by atoms with E-state index >= 15 is 0 Å². The molecule has 0 aromatic heterocycles. The van der Waals surface area contributed by atoms with E-state index in [0.29, 0.717) is 30.4 Å². The normalized spacial score (nSPS) is 13.8. The van der Waals surface area contributed by atoms with E-state index in [1.165, 1.54) is 18.2 Å². The van der Waals surface area contributed by atoms with Crippen molar-refractivity contribution in [2.75, 3.05) is 17.9 Å². The van der Waals surface area contributed by atoms with E-state index in [1.807, 2.05) is 19.1 Å². The van der Waals surface area contributed by atoms with Gasteiger partial charge in [-0.2, -0.15) is 0 Å². The number of halogens is 1. The fraction of sp³-hybridized carbons (Fsp3) is 0.174. The number of sulfonamides is 1. The quantitative estimate of drug-likeness (QED) is 0.554. The van der Waals surface area contributed by atoms with E-state index in [2.05, 4.69) is 10.0 Å². The molecule has 3 aromatic rings. The first-order valence-electron chi connectivity index (χ1n) is 9.91. The van der Waals surface area contributed by atoms with Gasteiger partial charge in [-0.15, -0.1) is 0 Å². The molecular weight excluding hydrogens is 452 g/mol. The van der Waals surface area contributed by atoms with Gasteiger partial charge in [0.05, 0.1) is 11.1 Å². The topological polar surface area (TPSA) is 93.7 Å². The van der Waals surface area contributed by atoms with Crippen molar-refractivity contribution in [3.8, 4) is 11.5 Å². The van der Waals surface area contributed by atoms with Gasteiger partial charge >= 0.3 is 0 Å². The predicted octanol–water partition coefficient (Wildman–Crippen LogP) is 4.40. The highest BCUT2D eigenvalue weighted by Crippen LogP contribution is 2.33. The first-order chi connectivity index (χ1) is 15.3. The molecule has 1 heterocycles. The Balaban J connectivity index is 1.53. The van der Waals surface area contributed by atoms with Crippen LogP contribution in [0.2, 0.25) is 5.02 Å². The summed E-state index contributed by atoms with van der Waals surface area (Å²) in [5, 5.41) is 2.89. The average Bonchev–Trinajstić information content (AvgIpc) is 2.79. The predicted molar refractivity (Wildman–Crippen MR) is 122 cm³/mol. The second kappa shape index (κ2) is 9.10. The highest BCUT2D eigenvalue weighted by molar-refractivity contribution is 7.92. The minimum Gasteiger partial charge on any atom is -0.486 e. The second-order valence-electron chi connectivity index (χ2n) is 7.21. The van der Waals surface area contributed by atoms with E-state index in [-0.39, 0.29) is 21.5 Å². The van der Waals surface area contributed by atoms with Crippen LogP contribution in [0.3, 0.4) is 0 Å². The maximum absolute atomic E-state index is 12.8. The number of anilines is 1. The van der Waals surface area contributed by atoms with Gasteiger partial charge in [0.25, 0.3) is 15.9 Å². The first kappa shape index (κ1) is 22.0. The molecule has 0 aliphatic carbocycles. The van der Waals surface area contributed by atoms with Gasteiger partial charge in [-0.3, -0.25) is 9.52 Å². The molecule has 0 bridgehead atoms. The lowest BCUT2D eigenvalue weighted by atomic mass is 10.1. The number of benzene rings is 3. The number of fused-ring (bicyclic) bond motifs is 1. The van der Waals surface area contributed by atoms with Crippen molar-refractivity contribution in [1.82, 2.24) is 5.32 Å². The zero-order valence-corrected chi connectivity index (χ0v) is 18.7. The zero-order chi connectivity index (χ0) is 22.7. The molecule has 4 rings (SSSR count). The van der Waals surface area contributed by atoms with E-state index in [4.69, 9.17) is 21.1 Å². The molecule has 1 aliphatic rings. The average molecular weight is 473 g/mol. The van der Waals surface area contributed by atoms with Crippen LogP contribution in [-0.4, -0.2) is 27.5 Å². The lowest BCUT2D eigenvalue weighted by molar-refractivity contribution is 0.0939. The van der Waals surface area contributed by atoms with E-state index in [9.17, 15) is 13.2 Å². The number of carbonyl (C=O) groups is 1. The lowest BCUT2D eigenvalue weighted by Crippen LogP contribution is -2.27. The second-order valence-corrected chi connectivity index (χ2v) is 9.27. The summed E-state index contributed by atoms with van der Waals surface area (Å²) < 4.78 is 39.2. The Morgan fingerprint density at radius 3 is 2.44 bits per heavy atom. The van der Waals surface area contributed by atoms with Crippen LogP contribution >= 0.6 is 11.6 Å². The Labute approximate surface area is 191 Å². The fourth-order valence-electron chi connectivity index (χ4n) is 3.26. The number of amides is 1. The lowest BCUT2D eigenvalue weighted by Gasteiger charge is -2.21. The Morgan fingerprint density at radius 1 is 0.969 bits per heavy atom. The smallest absolute Gasteiger partial charge is 0.263 e. The van der Waals surface area contributed by atoms with E-state index < -0.39 is 15.9 Å². The van der Waals surface area contributed by atoms with Gasteiger partial charge in [-0.05, 0) is 55.0 Å². The third-order valence-electron chi connectivity index (χ3n) is 4.92. The standard InChI is InChI=1S/C23H21ClN2O5S/c1-15(16-8-10-20-21(13-16)31-12-11-30-20)25-23(27)17-7-9-19(24)22(14-17)32(28,29)26-18-5-3-2-4-6-18/h2-10,13-15,26H,11-12H2,1H3,(H,25,27). The van der Waals surface area contributed by atoms with Crippen LogP contribution in [0.15, 0.2) is 71.6 Å². The number of hydrogen-bond acceptors (Lipinski definition) is 5. The van der Waals surface area contributed by atoms with Crippen LogP contribution in [-0.2, 0) is 10.0 Å². The minimum absolute atomic E-state index is 0.0184. The molecule has 1 unspecified atom stereocenters. The summed E-state index contributed by atoms with van der Waals surface area (Å²) in [7, 11) is -3.98. The van der Waals surface area contributed by atoms with Crippen molar-refractivity contribution in [3.63, 3.8) is 0 Å². The maximum atomic E-state index is 12.8. The monoisotopic (exact) mass is 472 g/mol. The summed E-state index contributed by atoms with van der Waals surface area (Å²) in [4.78, 5) is 12.7. The van der Waals surface area contributed by atoms with Crippen LogP contribution in [0.1, 0.15) is 28.9 Å². The number of para-hydroxylation sites is 1. The van der Waals surface area contributed by atoms with Gasteiger partial charge in [-0.25, -0.2) is 8.42 Å². The van der Waals surface area contributed by atoms with Crippen molar-refractivity contribution in [3.05, 3.63) is 82.9 Å². The summed E-state index contributed by atoms with van der Waals surface area (Å²) in [5.74, 6) is 0.860. The molecule has 0 saturated carbocycles. The number of carbonyl (C=O) groups excluding carboxylic acids is 1. The molecule has 1 amide bonds. The van der Waals surface area contributed by atoms with E-state index in [0.717, 1.165) is 5.56 Å². The van der Waals surface area contributed by atoms with Crippen molar-refractivity contribution in [2.24, 2.45) is 0 Å². The molecule has 7 nitrogen and oxygen atoms in total. The van der Waals surface area contributed by atoms with Crippen LogP contribution in [0.25, 0.3) is 0 Å². The van der Waals surface area contributed by atoms with E-state index in [1.54, 1.807) is 36.4 Å². The van der Waals surface area contributed by atoms with Crippen LogP contribution in [0.4, 0.5) is 5.69 Å². The number of ether oxygens (including phenoxy) is 2. The summed E-state index contributed by atoms with van der Waals surface area (Å²) >= 11 is 6.14. The van der Waals surface area contributed by atoms with Gasteiger partial charge in [-0.1, -0.05) is 35.9 Å². The molecule has 1 atom stereocenters. The van der Waals surface area contributed by atoms with Gasteiger partial charge in [0, 0.05) is 11.3 Å². The van der Waals surface area contributed by atoms with Gasteiger partial charge < -0.3 is 14.8 Å². The molecule has 1 aliphatic heterocycles. The zero-order valence-electron chi connectivity index (χ0n) is 17.2. The van der Waals surface area contributed by atoms with Gasteiger partial charge in [0.2, 0.25) is 0 Å². The summed E-state index contributed by atoms with van der Waals surface area (Å²) in [6.07, 6.45) is 0. The number of rotatable bonds is 6. The Kier molecular flexibility index (Phi) is 6.25. The van der Waals surface area contributed by atoms with Crippen molar-refractivity contribution >= 4 is 33.2 Å². The fourth-order valence-corrected chi connectivity index (χ4v) is 4.84. The largest absolute Gasteiger partial charge is 0.486 e. The van der Waals surface area contributed by atoms with Crippen LogP contribution in [0, 0.1) is 0 Å². The Bertz CT molecular complexity index is 1250. The first-order valence-corrected chi connectivity index (χ1v) is 11.8. The highest BCUT2D eigenvalue weighted by atomic mass is 35.5. The summed E-state index contributed by atoms with van der Waals surface area (Å²) in [6, 6.07) is 17.7. The molecule has 3 aromatic carbocycles. The third kappa shape index (κ3) is 4.81. The molecule has 0 saturated heterocycles. The maximum Gasteiger partial charge on any atom is 0.263 e. The molecule has 32 heavy (non-hydrogen) atoms. The number of hydrogen-bond donors (Lipinski definition) is 2. The Morgan fingerprint density at radius 2 is 1.69 bits per heavy atom. The molecule has 9 heteroatoms.